The van der Waals surface area contributed by atoms with Crippen molar-refractivity contribution in [1.82, 2.24) is 10.4 Å². The van der Waals surface area contributed by atoms with Gasteiger partial charge in [0.05, 0.1) is 11.8 Å². The van der Waals surface area contributed by atoms with Gasteiger partial charge in [-0.15, -0.1) is 0 Å². The lowest BCUT2D eigenvalue weighted by Gasteiger charge is -2.09. The van der Waals surface area contributed by atoms with Gasteiger partial charge in [-0.05, 0) is 66.7 Å². The number of hydrogen-bond acceptors (Lipinski definition) is 4. The maximum Gasteiger partial charge on any atom is 0.343 e. The van der Waals surface area contributed by atoms with E-state index in [-0.39, 0.29) is 11.4 Å². The molecule has 6 nitrogen and oxygen atoms in total. The third-order valence-corrected chi connectivity index (χ3v) is 7.06. The van der Waals surface area contributed by atoms with Crippen molar-refractivity contribution in [3.05, 3.63) is 121 Å². The molecule has 1 amide bonds. The summed E-state index contributed by atoms with van der Waals surface area (Å²) in [6, 6.07) is 23.9. The van der Waals surface area contributed by atoms with E-state index in [0.717, 1.165) is 9.86 Å². The van der Waals surface area contributed by atoms with Crippen LogP contribution in [0.4, 0.5) is 0 Å². The number of benzene rings is 4. The van der Waals surface area contributed by atoms with Gasteiger partial charge in [0.25, 0.3) is 5.91 Å². The summed E-state index contributed by atoms with van der Waals surface area (Å²) in [5, 5.41) is 6.38. The Morgan fingerprint density at radius 1 is 0.897 bits per heavy atom. The summed E-state index contributed by atoms with van der Waals surface area (Å²) in [5.74, 6) is -0.801. The van der Waals surface area contributed by atoms with E-state index in [1.54, 1.807) is 66.7 Å². The quantitative estimate of drug-likeness (QED) is 0.0844. The summed E-state index contributed by atoms with van der Waals surface area (Å²) in [5.41, 5.74) is 5.59. The standard InChI is InChI=1S/C29H17BrCl3N3O3/c30-18-7-12-25(39-29(38)16-5-8-19(31)9-6-16)17(13-18)15-34-36-28(37)27-26(21-3-1-2-4-23(21)33)22-14-20(32)10-11-24(22)35-27/h1-15,35H,(H,36,37). The number of hydrazone groups is 1. The molecule has 0 spiro atoms. The van der Waals surface area contributed by atoms with Crippen LogP contribution < -0.4 is 10.2 Å². The Bertz CT molecular complexity index is 1750. The SMILES string of the molecule is O=C(Oc1ccc(Br)cc1C=NNC(=O)c1[nH]c2ccc(Cl)cc2c1-c1ccccc1Cl)c1ccc(Cl)cc1. The van der Waals surface area contributed by atoms with Crippen molar-refractivity contribution in [2.45, 2.75) is 0 Å². The van der Waals surface area contributed by atoms with Crippen molar-refractivity contribution < 1.29 is 14.3 Å². The van der Waals surface area contributed by atoms with Crippen LogP contribution in [0.25, 0.3) is 22.0 Å². The highest BCUT2D eigenvalue weighted by Gasteiger charge is 2.21. The van der Waals surface area contributed by atoms with Crippen LogP contribution in [0.1, 0.15) is 26.4 Å². The van der Waals surface area contributed by atoms with Crippen LogP contribution in [0.15, 0.2) is 94.5 Å². The number of H-pyrrole nitrogens is 1. The minimum absolute atomic E-state index is 0.258. The number of ether oxygens (including phenoxy) is 1. The maximum absolute atomic E-state index is 13.3. The first-order valence-corrected chi connectivity index (χ1v) is 13.4. The molecule has 5 aromatic rings. The largest absolute Gasteiger partial charge is 0.422 e. The molecule has 0 bridgehead atoms. The van der Waals surface area contributed by atoms with Gasteiger partial charge in [0.15, 0.2) is 0 Å². The molecule has 0 saturated carbocycles. The number of halogens is 4. The predicted molar refractivity (Wildman–Crippen MR) is 159 cm³/mol. The summed E-state index contributed by atoms with van der Waals surface area (Å²) in [6.45, 7) is 0. The molecule has 0 saturated heterocycles. The lowest BCUT2D eigenvalue weighted by molar-refractivity contribution is 0.0734. The zero-order valence-corrected chi connectivity index (χ0v) is 23.7. The van der Waals surface area contributed by atoms with Crippen LogP contribution in [0, 0.1) is 0 Å². The average Bonchev–Trinajstić information content (AvgIpc) is 3.29. The zero-order chi connectivity index (χ0) is 27.5. The van der Waals surface area contributed by atoms with Crippen LogP contribution in [-0.4, -0.2) is 23.1 Å². The Morgan fingerprint density at radius 2 is 1.64 bits per heavy atom. The van der Waals surface area contributed by atoms with Crippen molar-refractivity contribution in [1.29, 1.82) is 0 Å². The molecule has 0 unspecified atom stereocenters. The molecular weight excluding hydrogens is 625 g/mol. The van der Waals surface area contributed by atoms with Crippen molar-refractivity contribution >= 4 is 79.7 Å². The monoisotopic (exact) mass is 639 g/mol. The summed E-state index contributed by atoms with van der Waals surface area (Å²) >= 11 is 22.0. The number of aromatic nitrogens is 1. The molecule has 1 heterocycles. The van der Waals surface area contributed by atoms with Gasteiger partial charge in [-0.1, -0.05) is 68.9 Å². The fourth-order valence-corrected chi connectivity index (χ4v) is 4.86. The maximum atomic E-state index is 13.3. The van der Waals surface area contributed by atoms with E-state index >= 15 is 0 Å². The molecule has 4 aromatic carbocycles. The zero-order valence-electron chi connectivity index (χ0n) is 19.8. The molecule has 194 valence electrons. The molecular formula is C29H17BrCl3N3O3. The normalized spacial score (nSPS) is 11.2. The highest BCUT2D eigenvalue weighted by atomic mass is 79.9. The van der Waals surface area contributed by atoms with Gasteiger partial charge in [0.2, 0.25) is 0 Å². The van der Waals surface area contributed by atoms with E-state index in [1.807, 2.05) is 18.2 Å². The van der Waals surface area contributed by atoms with Crippen LogP contribution in [0.3, 0.4) is 0 Å². The van der Waals surface area contributed by atoms with Crippen molar-refractivity contribution in [3.63, 3.8) is 0 Å². The summed E-state index contributed by atoms with van der Waals surface area (Å²) in [7, 11) is 0. The molecule has 39 heavy (non-hydrogen) atoms. The van der Waals surface area contributed by atoms with E-state index in [1.165, 1.54) is 6.21 Å². The fraction of sp³-hybridized carbons (Fsp3) is 0. The minimum Gasteiger partial charge on any atom is -0.422 e. The number of carbonyl (C=O) groups excluding carboxylic acids is 2. The summed E-state index contributed by atoms with van der Waals surface area (Å²) in [6.07, 6.45) is 1.39. The number of hydrogen-bond donors (Lipinski definition) is 2. The molecule has 0 radical (unpaired) electrons. The molecule has 0 atom stereocenters. The lowest BCUT2D eigenvalue weighted by atomic mass is 10.0. The second-order valence-electron chi connectivity index (χ2n) is 8.32. The first-order valence-electron chi connectivity index (χ1n) is 11.5. The van der Waals surface area contributed by atoms with Gasteiger partial charge < -0.3 is 9.72 Å². The summed E-state index contributed by atoms with van der Waals surface area (Å²) < 4.78 is 6.30. The van der Waals surface area contributed by atoms with Crippen LogP contribution in [0.2, 0.25) is 15.1 Å². The van der Waals surface area contributed by atoms with Gasteiger partial charge in [-0.2, -0.15) is 5.10 Å². The third kappa shape index (κ3) is 6.02. The molecule has 0 aliphatic rings. The number of fused-ring (bicyclic) bond motifs is 1. The van der Waals surface area contributed by atoms with E-state index in [4.69, 9.17) is 39.5 Å². The molecule has 1 aromatic heterocycles. The Hall–Kier alpha value is -3.62. The second-order valence-corrected chi connectivity index (χ2v) is 10.5. The van der Waals surface area contributed by atoms with Crippen molar-refractivity contribution in [2.75, 3.05) is 0 Å². The van der Waals surface area contributed by atoms with Crippen molar-refractivity contribution in [2.24, 2.45) is 5.10 Å². The Labute approximate surface area is 246 Å². The number of aromatic amines is 1. The Balaban J connectivity index is 1.43. The molecule has 0 fully saturated rings. The first-order chi connectivity index (χ1) is 18.8. The number of nitrogens with zero attached hydrogens (tertiary/aromatic N) is 1. The van der Waals surface area contributed by atoms with Crippen LogP contribution in [0.5, 0.6) is 5.75 Å². The first kappa shape index (κ1) is 27.0. The molecule has 0 aliphatic carbocycles. The lowest BCUT2D eigenvalue weighted by Crippen LogP contribution is -2.19. The topological polar surface area (TPSA) is 83.5 Å². The number of nitrogens with one attached hydrogen (secondary N) is 2. The van der Waals surface area contributed by atoms with Crippen LogP contribution in [-0.2, 0) is 0 Å². The number of esters is 1. The van der Waals surface area contributed by atoms with Gasteiger partial charge in [-0.25, -0.2) is 10.2 Å². The fourth-order valence-electron chi connectivity index (χ4n) is 3.95. The Morgan fingerprint density at radius 3 is 2.41 bits per heavy atom. The number of carbonyl (C=O) groups is 2. The van der Waals surface area contributed by atoms with E-state index in [9.17, 15) is 9.59 Å². The highest BCUT2D eigenvalue weighted by molar-refractivity contribution is 9.10. The second kappa shape index (κ2) is 11.6. The smallest absolute Gasteiger partial charge is 0.343 e. The van der Waals surface area contributed by atoms with Crippen molar-refractivity contribution in [3.8, 4) is 16.9 Å². The average molecular weight is 642 g/mol. The predicted octanol–water partition coefficient (Wildman–Crippen LogP) is 8.54. The summed E-state index contributed by atoms with van der Waals surface area (Å²) in [4.78, 5) is 29.1. The van der Waals surface area contributed by atoms with Gasteiger partial charge in [0, 0.05) is 47.1 Å². The minimum atomic E-state index is -0.561. The highest BCUT2D eigenvalue weighted by Crippen LogP contribution is 2.37. The third-order valence-electron chi connectivity index (χ3n) is 5.76. The molecule has 10 heteroatoms. The number of rotatable bonds is 6. The van der Waals surface area contributed by atoms with Gasteiger partial charge >= 0.3 is 5.97 Å². The van der Waals surface area contributed by atoms with E-state index in [2.05, 4.69) is 31.4 Å². The van der Waals surface area contributed by atoms with Gasteiger partial charge in [0.1, 0.15) is 11.4 Å². The van der Waals surface area contributed by atoms with Gasteiger partial charge in [-0.3, -0.25) is 4.79 Å². The Kier molecular flexibility index (Phi) is 8.04. The molecule has 5 rings (SSSR count). The molecule has 2 N–H and O–H groups in total. The number of amides is 1. The molecule has 0 aliphatic heterocycles. The van der Waals surface area contributed by atoms with E-state index in [0.29, 0.717) is 42.8 Å². The van der Waals surface area contributed by atoms with Crippen LogP contribution >= 0.6 is 50.7 Å². The van der Waals surface area contributed by atoms with E-state index < -0.39 is 11.9 Å².